The standard InChI is InChI=1S/C33H38N6O5/c1-7-39-26-11-10-23(18-27(26)36(6)31(42)33(4,5)32(39)43)19-37(20-24-9-8-13-34-29(24)35-22(3)40)15-16-38-14-12-28-25(30(38)41)17-21(2)44-28/h8-14,17-18H,7,15-16,19-20H2,1-6H3,(H,34,35,40). The Morgan fingerprint density at radius 2 is 1.82 bits per heavy atom. The minimum Gasteiger partial charge on any atom is -0.461 e. The van der Waals surface area contributed by atoms with Crippen LogP contribution in [-0.2, 0) is 34.0 Å². The molecule has 0 atom stereocenters. The van der Waals surface area contributed by atoms with Crippen molar-refractivity contribution >= 4 is 45.9 Å². The van der Waals surface area contributed by atoms with E-state index in [1.54, 1.807) is 59.8 Å². The maximum atomic E-state index is 13.4. The highest BCUT2D eigenvalue weighted by Crippen LogP contribution is 2.39. The van der Waals surface area contributed by atoms with Gasteiger partial charge in [-0.15, -0.1) is 0 Å². The van der Waals surface area contributed by atoms with Gasteiger partial charge in [-0.25, -0.2) is 4.98 Å². The molecule has 3 amide bonds. The molecule has 230 valence electrons. The summed E-state index contributed by atoms with van der Waals surface area (Å²) < 4.78 is 7.29. The lowest BCUT2D eigenvalue weighted by Gasteiger charge is -2.27. The van der Waals surface area contributed by atoms with Crippen molar-refractivity contribution in [2.45, 2.75) is 54.3 Å². The molecule has 1 aliphatic rings. The van der Waals surface area contributed by atoms with E-state index in [-0.39, 0.29) is 23.3 Å². The predicted octanol–water partition coefficient (Wildman–Crippen LogP) is 4.31. The summed E-state index contributed by atoms with van der Waals surface area (Å²) >= 11 is 0. The van der Waals surface area contributed by atoms with E-state index in [9.17, 15) is 19.2 Å². The maximum Gasteiger partial charge on any atom is 0.261 e. The molecule has 0 saturated heterocycles. The molecule has 11 nitrogen and oxygen atoms in total. The number of hydrogen-bond donors (Lipinski definition) is 1. The third-order valence-electron chi connectivity index (χ3n) is 8.05. The molecule has 5 rings (SSSR count). The molecule has 0 radical (unpaired) electrons. The first-order valence-corrected chi connectivity index (χ1v) is 14.7. The highest BCUT2D eigenvalue weighted by Gasteiger charge is 2.45. The van der Waals surface area contributed by atoms with Gasteiger partial charge in [0.05, 0.1) is 16.8 Å². The lowest BCUT2D eigenvalue weighted by Crippen LogP contribution is -2.47. The van der Waals surface area contributed by atoms with Gasteiger partial charge in [0.15, 0.2) is 0 Å². The number of aromatic nitrogens is 2. The van der Waals surface area contributed by atoms with E-state index >= 15 is 0 Å². The maximum absolute atomic E-state index is 13.4. The van der Waals surface area contributed by atoms with E-state index in [4.69, 9.17) is 4.42 Å². The number of carbonyl (C=O) groups is 3. The second kappa shape index (κ2) is 12.1. The zero-order valence-corrected chi connectivity index (χ0v) is 26.0. The van der Waals surface area contributed by atoms with Crippen LogP contribution < -0.4 is 20.7 Å². The highest BCUT2D eigenvalue weighted by atomic mass is 16.3. The number of hydrogen-bond acceptors (Lipinski definition) is 7. The summed E-state index contributed by atoms with van der Waals surface area (Å²) in [6.07, 6.45) is 3.36. The van der Waals surface area contributed by atoms with Crippen molar-refractivity contribution in [3.63, 3.8) is 0 Å². The van der Waals surface area contributed by atoms with E-state index in [1.165, 1.54) is 6.92 Å². The average Bonchev–Trinajstić information content (AvgIpc) is 3.36. The normalized spacial score (nSPS) is 14.7. The highest BCUT2D eigenvalue weighted by molar-refractivity contribution is 6.19. The van der Waals surface area contributed by atoms with E-state index in [0.29, 0.717) is 66.6 Å². The molecule has 0 aliphatic carbocycles. The number of amides is 3. The van der Waals surface area contributed by atoms with Crippen LogP contribution >= 0.6 is 0 Å². The van der Waals surface area contributed by atoms with Crippen molar-refractivity contribution < 1.29 is 18.8 Å². The molecule has 4 heterocycles. The van der Waals surface area contributed by atoms with E-state index < -0.39 is 5.41 Å². The van der Waals surface area contributed by atoms with Crippen molar-refractivity contribution in [1.82, 2.24) is 14.5 Å². The summed E-state index contributed by atoms with van der Waals surface area (Å²) in [6, 6.07) is 13.1. The molecular weight excluding hydrogens is 560 g/mol. The zero-order valence-electron chi connectivity index (χ0n) is 26.0. The van der Waals surface area contributed by atoms with E-state index in [0.717, 1.165) is 11.1 Å². The average molecular weight is 599 g/mol. The molecule has 0 bridgehead atoms. The fourth-order valence-electron chi connectivity index (χ4n) is 5.73. The quantitative estimate of drug-likeness (QED) is 0.285. The van der Waals surface area contributed by atoms with Gasteiger partial charge in [-0.3, -0.25) is 24.1 Å². The Labute approximate surface area is 256 Å². The lowest BCUT2D eigenvalue weighted by molar-refractivity contribution is -0.137. The molecule has 0 fully saturated rings. The number of furan rings is 1. The van der Waals surface area contributed by atoms with E-state index in [1.807, 2.05) is 44.2 Å². The van der Waals surface area contributed by atoms with Crippen LogP contribution in [-0.4, -0.2) is 52.3 Å². The van der Waals surface area contributed by atoms with Gasteiger partial charge < -0.3 is 24.1 Å². The van der Waals surface area contributed by atoms with Gasteiger partial charge in [0.2, 0.25) is 17.7 Å². The monoisotopic (exact) mass is 598 g/mol. The summed E-state index contributed by atoms with van der Waals surface area (Å²) in [5.74, 6) is 0.430. The SMILES string of the molecule is CCN1C(=O)C(C)(C)C(=O)N(C)c2cc(CN(CCn3ccc4oc(C)cc4c3=O)Cc3cccnc3NC(C)=O)ccc21. The third-order valence-corrected chi connectivity index (χ3v) is 8.05. The number of rotatable bonds is 9. The minimum atomic E-state index is -1.20. The summed E-state index contributed by atoms with van der Waals surface area (Å²) in [6.45, 7) is 10.7. The smallest absolute Gasteiger partial charge is 0.261 e. The van der Waals surface area contributed by atoms with Crippen LogP contribution in [0.4, 0.5) is 17.2 Å². The number of nitrogens with one attached hydrogen (secondary N) is 1. The minimum absolute atomic E-state index is 0.128. The van der Waals surface area contributed by atoms with Crippen LogP contribution in [0.5, 0.6) is 0 Å². The second-order valence-corrected chi connectivity index (χ2v) is 11.7. The summed E-state index contributed by atoms with van der Waals surface area (Å²) in [7, 11) is 1.70. The molecule has 0 spiro atoms. The molecule has 0 unspecified atom stereocenters. The molecule has 44 heavy (non-hydrogen) atoms. The number of aryl methyl sites for hydroxylation is 1. The fourth-order valence-corrected chi connectivity index (χ4v) is 5.73. The Morgan fingerprint density at radius 1 is 1.05 bits per heavy atom. The van der Waals surface area contributed by atoms with E-state index in [2.05, 4.69) is 15.2 Å². The molecular formula is C33H38N6O5. The van der Waals surface area contributed by atoms with Gasteiger partial charge in [-0.05, 0) is 63.6 Å². The van der Waals surface area contributed by atoms with Gasteiger partial charge in [-0.2, -0.15) is 0 Å². The number of benzene rings is 1. The van der Waals surface area contributed by atoms with Crippen molar-refractivity contribution in [1.29, 1.82) is 0 Å². The third kappa shape index (κ3) is 5.87. The number of anilines is 3. The Hall–Kier alpha value is -4.77. The van der Waals surface area contributed by atoms with Crippen LogP contribution in [0.15, 0.2) is 64.1 Å². The van der Waals surface area contributed by atoms with Gasteiger partial charge in [0.1, 0.15) is 22.6 Å². The van der Waals surface area contributed by atoms with Crippen molar-refractivity contribution in [3.8, 4) is 0 Å². The molecule has 1 aliphatic heterocycles. The Morgan fingerprint density at radius 3 is 2.55 bits per heavy atom. The van der Waals surface area contributed by atoms with Crippen LogP contribution in [0.25, 0.3) is 11.0 Å². The molecule has 3 aromatic heterocycles. The summed E-state index contributed by atoms with van der Waals surface area (Å²) in [5.41, 5.74) is 2.32. The second-order valence-electron chi connectivity index (χ2n) is 11.7. The van der Waals surface area contributed by atoms with Gasteiger partial charge in [-0.1, -0.05) is 12.1 Å². The summed E-state index contributed by atoms with van der Waals surface area (Å²) in [5, 5.41) is 3.34. The van der Waals surface area contributed by atoms with Crippen LogP contribution in [0, 0.1) is 12.3 Å². The van der Waals surface area contributed by atoms with Crippen molar-refractivity contribution in [2.75, 3.05) is 35.3 Å². The Balaban J connectivity index is 1.49. The van der Waals surface area contributed by atoms with Crippen molar-refractivity contribution in [2.24, 2.45) is 5.41 Å². The predicted molar refractivity (Wildman–Crippen MR) is 170 cm³/mol. The molecule has 4 aromatic rings. The van der Waals surface area contributed by atoms with Crippen LogP contribution in [0.2, 0.25) is 0 Å². The lowest BCUT2D eigenvalue weighted by atomic mass is 9.90. The zero-order chi connectivity index (χ0) is 31.8. The molecule has 1 N–H and O–H groups in total. The molecule has 1 aromatic carbocycles. The van der Waals surface area contributed by atoms with Crippen LogP contribution in [0.3, 0.4) is 0 Å². The molecule has 11 heteroatoms. The number of fused-ring (bicyclic) bond motifs is 2. The largest absolute Gasteiger partial charge is 0.461 e. The number of carbonyl (C=O) groups excluding carboxylic acids is 3. The molecule has 0 saturated carbocycles. The summed E-state index contributed by atoms with van der Waals surface area (Å²) in [4.78, 5) is 61.5. The topological polar surface area (TPSA) is 121 Å². The van der Waals surface area contributed by atoms with Gasteiger partial charge >= 0.3 is 0 Å². The first-order chi connectivity index (χ1) is 20.9. The first kappa shape index (κ1) is 30.7. The van der Waals surface area contributed by atoms with Gasteiger partial charge in [0.25, 0.3) is 5.56 Å². The fraction of sp³-hybridized carbons (Fsp3) is 0.364. The Bertz CT molecular complexity index is 1810. The Kier molecular flexibility index (Phi) is 8.42. The van der Waals surface area contributed by atoms with Crippen molar-refractivity contribution in [3.05, 3.63) is 82.1 Å². The number of nitrogens with zero attached hydrogens (tertiary/aromatic N) is 5. The first-order valence-electron chi connectivity index (χ1n) is 14.7. The van der Waals surface area contributed by atoms with Gasteiger partial charge in [0, 0.05) is 64.7 Å². The van der Waals surface area contributed by atoms with Crippen LogP contribution in [0.1, 0.15) is 44.6 Å². The number of pyridine rings is 2.